The first kappa shape index (κ1) is 11.1. The van der Waals surface area contributed by atoms with Crippen molar-refractivity contribution >= 4 is 16.8 Å². The summed E-state index contributed by atoms with van der Waals surface area (Å²) in [5, 5.41) is 8.41. The Hall–Kier alpha value is -2.02. The Morgan fingerprint density at radius 2 is 2.11 bits per heavy atom. The number of hydrogen-bond acceptors (Lipinski definition) is 5. The quantitative estimate of drug-likeness (QED) is 0.644. The minimum Gasteiger partial charge on any atom is -0.340 e. The van der Waals surface area contributed by atoms with Crippen molar-refractivity contribution in [2.45, 2.75) is 25.7 Å². The van der Waals surface area contributed by atoms with E-state index in [0.717, 1.165) is 49.2 Å². The number of rotatable bonds is 5. The molecule has 0 saturated heterocycles. The molecule has 0 aromatic carbocycles. The molecule has 0 fully saturated rings. The van der Waals surface area contributed by atoms with Crippen LogP contribution in [0, 0.1) is 0 Å². The summed E-state index contributed by atoms with van der Waals surface area (Å²) < 4.78 is 1.92. The Morgan fingerprint density at radius 3 is 3.00 bits per heavy atom. The third-order valence-electron chi connectivity index (χ3n) is 3.01. The molecule has 7 nitrogen and oxygen atoms in total. The van der Waals surface area contributed by atoms with Crippen LogP contribution >= 0.6 is 0 Å². The second-order valence-corrected chi connectivity index (χ2v) is 4.25. The lowest BCUT2D eigenvalue weighted by molar-refractivity contribution is 0.664. The smallest absolute Gasteiger partial charge is 0.189 e. The molecule has 0 aliphatic heterocycles. The molecule has 94 valence electrons. The Balaban J connectivity index is 1.89. The van der Waals surface area contributed by atoms with Gasteiger partial charge >= 0.3 is 0 Å². The van der Waals surface area contributed by atoms with E-state index in [-0.39, 0.29) is 0 Å². The Bertz CT molecular complexity index is 654. The zero-order chi connectivity index (χ0) is 12.4. The van der Waals surface area contributed by atoms with Crippen molar-refractivity contribution in [1.29, 1.82) is 0 Å². The highest BCUT2D eigenvalue weighted by atomic mass is 15.3. The number of nitrogens with two attached hydrogens (primary N) is 1. The molecule has 0 aliphatic carbocycles. The van der Waals surface area contributed by atoms with Crippen LogP contribution in [0.15, 0.2) is 12.7 Å². The highest BCUT2D eigenvalue weighted by Crippen LogP contribution is 2.14. The molecule has 3 aromatic rings. The van der Waals surface area contributed by atoms with Gasteiger partial charge in [-0.2, -0.15) is 0 Å². The number of hydrogen-bond donors (Lipinski definition) is 2. The highest BCUT2D eigenvalue weighted by molar-refractivity contribution is 5.84. The van der Waals surface area contributed by atoms with Crippen molar-refractivity contribution < 1.29 is 0 Å². The molecule has 3 rings (SSSR count). The second kappa shape index (κ2) is 4.69. The number of aromatic amines is 1. The second-order valence-electron chi connectivity index (χ2n) is 4.25. The number of aromatic nitrogens is 6. The maximum Gasteiger partial charge on any atom is 0.189 e. The van der Waals surface area contributed by atoms with Crippen molar-refractivity contribution in [2.24, 2.45) is 5.73 Å². The average Bonchev–Trinajstić information content (AvgIpc) is 3.00. The summed E-state index contributed by atoms with van der Waals surface area (Å²) in [5.74, 6) is 0.936. The lowest BCUT2D eigenvalue weighted by Crippen LogP contribution is -2.00. The largest absolute Gasteiger partial charge is 0.340 e. The third kappa shape index (κ3) is 1.82. The third-order valence-corrected chi connectivity index (χ3v) is 3.01. The zero-order valence-electron chi connectivity index (χ0n) is 10.0. The molecule has 0 spiro atoms. The van der Waals surface area contributed by atoms with Gasteiger partial charge in [0.05, 0.1) is 6.33 Å². The molecular formula is C11H15N7. The van der Waals surface area contributed by atoms with Crippen LogP contribution in [0.5, 0.6) is 0 Å². The molecular weight excluding hydrogens is 230 g/mol. The monoisotopic (exact) mass is 245 g/mol. The van der Waals surface area contributed by atoms with Crippen molar-refractivity contribution in [1.82, 2.24) is 29.5 Å². The van der Waals surface area contributed by atoms with Gasteiger partial charge in [0.15, 0.2) is 11.3 Å². The molecule has 0 radical (unpaired) electrons. The van der Waals surface area contributed by atoms with Crippen molar-refractivity contribution in [3.8, 4) is 0 Å². The van der Waals surface area contributed by atoms with E-state index in [0.29, 0.717) is 5.65 Å². The number of fused-ring (bicyclic) bond motifs is 3. The molecule has 0 unspecified atom stereocenters. The number of H-pyrrole nitrogens is 1. The average molecular weight is 245 g/mol. The molecule has 0 aliphatic rings. The molecule has 3 aromatic heterocycles. The summed E-state index contributed by atoms with van der Waals surface area (Å²) in [7, 11) is 0. The fourth-order valence-electron chi connectivity index (χ4n) is 2.05. The van der Waals surface area contributed by atoms with Gasteiger partial charge in [0, 0.05) is 6.42 Å². The van der Waals surface area contributed by atoms with Crippen LogP contribution in [0.25, 0.3) is 16.8 Å². The molecule has 7 heteroatoms. The fourth-order valence-corrected chi connectivity index (χ4v) is 2.05. The Labute approximate surface area is 103 Å². The minimum atomic E-state index is 0.671. The predicted molar refractivity (Wildman–Crippen MR) is 67.0 cm³/mol. The molecule has 0 amide bonds. The topological polar surface area (TPSA) is 97.8 Å². The maximum absolute atomic E-state index is 5.47. The summed E-state index contributed by atoms with van der Waals surface area (Å²) in [6.45, 7) is 0.747. The van der Waals surface area contributed by atoms with E-state index in [4.69, 9.17) is 5.73 Å². The van der Waals surface area contributed by atoms with E-state index in [9.17, 15) is 0 Å². The lowest BCUT2D eigenvalue weighted by atomic mass is 10.2. The lowest BCUT2D eigenvalue weighted by Gasteiger charge is -1.99. The maximum atomic E-state index is 5.47. The summed E-state index contributed by atoms with van der Waals surface area (Å²) >= 11 is 0. The SMILES string of the molecule is NCCCCCc1nnc2c3[nH]cnc3ncn12. The van der Waals surface area contributed by atoms with Gasteiger partial charge in [-0.25, -0.2) is 9.97 Å². The summed E-state index contributed by atoms with van der Waals surface area (Å²) in [5.41, 5.74) is 7.76. The molecule has 3 N–H and O–H groups in total. The van der Waals surface area contributed by atoms with Gasteiger partial charge in [0.25, 0.3) is 0 Å². The molecule has 3 heterocycles. The number of nitrogens with one attached hydrogen (secondary N) is 1. The van der Waals surface area contributed by atoms with Crippen molar-refractivity contribution in [2.75, 3.05) is 6.54 Å². The van der Waals surface area contributed by atoms with E-state index in [1.54, 1.807) is 12.7 Å². The van der Waals surface area contributed by atoms with E-state index in [1.165, 1.54) is 0 Å². The van der Waals surface area contributed by atoms with Gasteiger partial charge in [0.1, 0.15) is 17.7 Å². The van der Waals surface area contributed by atoms with Crippen LogP contribution in [0.3, 0.4) is 0 Å². The van der Waals surface area contributed by atoms with Gasteiger partial charge in [-0.3, -0.25) is 4.40 Å². The predicted octanol–water partition coefficient (Wildman–Crippen LogP) is 0.672. The van der Waals surface area contributed by atoms with Gasteiger partial charge < -0.3 is 10.7 Å². The first-order valence-electron chi connectivity index (χ1n) is 6.12. The van der Waals surface area contributed by atoms with Gasteiger partial charge in [-0.05, 0) is 19.4 Å². The molecule has 0 atom stereocenters. The van der Waals surface area contributed by atoms with E-state index >= 15 is 0 Å². The highest BCUT2D eigenvalue weighted by Gasteiger charge is 2.10. The standard InChI is InChI=1S/C11H15N7/c12-5-3-1-2-4-8-16-17-11-9-10(14-6-13-9)15-7-18(8)11/h6-7H,1-5,12H2,(H,13,14). The van der Waals surface area contributed by atoms with Crippen LogP contribution in [-0.4, -0.2) is 36.1 Å². The fraction of sp³-hybridized carbons (Fsp3) is 0.455. The van der Waals surface area contributed by atoms with Crippen molar-refractivity contribution in [3.63, 3.8) is 0 Å². The van der Waals surface area contributed by atoms with Crippen LogP contribution in [0.4, 0.5) is 0 Å². The molecule has 0 bridgehead atoms. The Morgan fingerprint density at radius 1 is 1.17 bits per heavy atom. The first-order chi connectivity index (χ1) is 8.90. The van der Waals surface area contributed by atoms with Crippen LogP contribution in [-0.2, 0) is 6.42 Å². The summed E-state index contributed by atoms with van der Waals surface area (Å²) in [6, 6.07) is 0. The number of aryl methyl sites for hydroxylation is 1. The van der Waals surface area contributed by atoms with E-state index in [2.05, 4.69) is 25.1 Å². The first-order valence-corrected chi connectivity index (χ1v) is 6.12. The normalized spacial score (nSPS) is 11.6. The van der Waals surface area contributed by atoms with Crippen LogP contribution in [0.1, 0.15) is 25.1 Å². The zero-order valence-corrected chi connectivity index (χ0v) is 10.0. The van der Waals surface area contributed by atoms with E-state index < -0.39 is 0 Å². The number of imidazole rings is 1. The molecule has 0 saturated carbocycles. The Kier molecular flexibility index (Phi) is 2.89. The van der Waals surface area contributed by atoms with E-state index in [1.807, 2.05) is 4.40 Å². The van der Waals surface area contributed by atoms with Gasteiger partial charge in [-0.1, -0.05) is 6.42 Å². The molecule has 18 heavy (non-hydrogen) atoms. The van der Waals surface area contributed by atoms with Gasteiger partial charge in [0.2, 0.25) is 0 Å². The van der Waals surface area contributed by atoms with Crippen LogP contribution < -0.4 is 5.73 Å². The van der Waals surface area contributed by atoms with Crippen molar-refractivity contribution in [3.05, 3.63) is 18.5 Å². The minimum absolute atomic E-state index is 0.671. The summed E-state index contributed by atoms with van der Waals surface area (Å²) in [4.78, 5) is 11.4. The number of nitrogens with zero attached hydrogens (tertiary/aromatic N) is 5. The van der Waals surface area contributed by atoms with Crippen LogP contribution in [0.2, 0.25) is 0 Å². The van der Waals surface area contributed by atoms with Gasteiger partial charge in [-0.15, -0.1) is 10.2 Å². The summed E-state index contributed by atoms with van der Waals surface area (Å²) in [6.07, 6.45) is 7.48. The number of unbranched alkanes of at least 4 members (excludes halogenated alkanes) is 2.